The minimum Gasteiger partial charge on any atom is -0.335 e. The molecule has 0 amide bonds. The first-order valence-corrected chi connectivity index (χ1v) is 7.95. The zero-order valence-corrected chi connectivity index (χ0v) is 12.8. The second-order valence-corrected chi connectivity index (χ2v) is 7.13. The van der Waals surface area contributed by atoms with Crippen molar-refractivity contribution < 1.29 is 13.2 Å². The summed E-state index contributed by atoms with van der Waals surface area (Å²) in [6.07, 6.45) is -1.85. The highest BCUT2D eigenvalue weighted by atomic mass is 79.9. The summed E-state index contributed by atoms with van der Waals surface area (Å²) in [5, 5.41) is 4.20. The van der Waals surface area contributed by atoms with Crippen LogP contribution in [0, 0.1) is 5.92 Å². The Bertz CT molecular complexity index is 555. The first-order valence-electron chi connectivity index (χ1n) is 6.28. The fourth-order valence-corrected chi connectivity index (χ4v) is 3.84. The van der Waals surface area contributed by atoms with Gasteiger partial charge in [0.2, 0.25) is 0 Å². The second-order valence-electron chi connectivity index (χ2n) is 4.99. The molecule has 0 aromatic heterocycles. The second kappa shape index (κ2) is 5.26. The molecule has 1 aliphatic carbocycles. The quantitative estimate of drug-likeness (QED) is 0.817. The number of anilines is 1. The van der Waals surface area contributed by atoms with Crippen molar-refractivity contribution in [3.05, 3.63) is 28.2 Å². The summed E-state index contributed by atoms with van der Waals surface area (Å²) >= 11 is 4.75. The average molecular weight is 365 g/mol. The molecule has 1 saturated carbocycles. The molecule has 0 bridgehead atoms. The van der Waals surface area contributed by atoms with Gasteiger partial charge in [0.15, 0.2) is 5.17 Å². The molecule has 2 nitrogen and oxygen atoms in total. The lowest BCUT2D eigenvalue weighted by atomic mass is 10.2. The number of hydrogen-bond donors (Lipinski definition) is 1. The number of benzene rings is 1. The highest BCUT2D eigenvalue weighted by Crippen LogP contribution is 2.42. The number of thioether (sulfide) groups is 1. The Morgan fingerprint density at radius 2 is 2.00 bits per heavy atom. The summed E-state index contributed by atoms with van der Waals surface area (Å²) in [7, 11) is 0. The number of amidine groups is 1. The smallest absolute Gasteiger partial charge is 0.335 e. The van der Waals surface area contributed by atoms with Gasteiger partial charge in [-0.05, 0) is 37.0 Å². The maximum atomic E-state index is 12.8. The van der Waals surface area contributed by atoms with Crippen LogP contribution in [0.25, 0.3) is 0 Å². The molecule has 1 atom stereocenters. The van der Waals surface area contributed by atoms with Crippen LogP contribution in [-0.2, 0) is 6.18 Å². The van der Waals surface area contributed by atoms with Crippen molar-refractivity contribution in [1.29, 1.82) is 0 Å². The zero-order valence-electron chi connectivity index (χ0n) is 10.4. The zero-order chi connectivity index (χ0) is 14.3. The molecule has 1 heterocycles. The molecule has 2 aliphatic rings. The summed E-state index contributed by atoms with van der Waals surface area (Å²) in [5.74, 6) is 0.733. The van der Waals surface area contributed by atoms with E-state index in [1.165, 1.54) is 12.8 Å². The van der Waals surface area contributed by atoms with E-state index in [4.69, 9.17) is 0 Å². The first kappa shape index (κ1) is 14.3. The SMILES string of the molecule is FC(F)(F)c1cc(Br)cc(NC2=NCC(C3CC3)S2)c1. The lowest BCUT2D eigenvalue weighted by molar-refractivity contribution is -0.137. The number of rotatable bonds is 2. The standard InChI is InChI=1S/C13H12BrF3N2S/c14-9-3-8(13(15,16)17)4-10(5-9)19-12-18-6-11(20-12)7-1-2-7/h3-5,7,11H,1-2,6H2,(H,18,19). The molecular weight excluding hydrogens is 353 g/mol. The van der Waals surface area contributed by atoms with E-state index in [2.05, 4.69) is 26.2 Å². The van der Waals surface area contributed by atoms with E-state index in [1.807, 2.05) is 0 Å². The van der Waals surface area contributed by atoms with Crippen LogP contribution in [0.3, 0.4) is 0 Å². The largest absolute Gasteiger partial charge is 0.416 e. The predicted molar refractivity (Wildman–Crippen MR) is 79.2 cm³/mol. The number of halogens is 4. The van der Waals surface area contributed by atoms with Crippen molar-refractivity contribution >= 4 is 38.5 Å². The van der Waals surface area contributed by atoms with Gasteiger partial charge in [-0.1, -0.05) is 27.7 Å². The van der Waals surface area contributed by atoms with Crippen molar-refractivity contribution in [2.24, 2.45) is 10.9 Å². The fraction of sp³-hybridized carbons (Fsp3) is 0.462. The molecule has 3 rings (SSSR count). The lowest BCUT2D eigenvalue weighted by Gasteiger charge is -2.12. The third-order valence-corrected chi connectivity index (χ3v) is 5.05. The van der Waals surface area contributed by atoms with Crippen molar-refractivity contribution in [1.82, 2.24) is 0 Å². The van der Waals surface area contributed by atoms with Crippen LogP contribution in [0.2, 0.25) is 0 Å². The molecule has 0 radical (unpaired) electrons. The lowest BCUT2D eigenvalue weighted by Crippen LogP contribution is -2.10. The Labute approximate surface area is 127 Å². The van der Waals surface area contributed by atoms with Crippen molar-refractivity contribution in [2.75, 3.05) is 11.9 Å². The summed E-state index contributed by atoms with van der Waals surface area (Å²) in [4.78, 5) is 4.37. The van der Waals surface area contributed by atoms with E-state index >= 15 is 0 Å². The molecule has 1 N–H and O–H groups in total. The summed E-state index contributed by atoms with van der Waals surface area (Å²) in [6.45, 7) is 0.762. The van der Waals surface area contributed by atoms with Crippen LogP contribution < -0.4 is 5.32 Å². The predicted octanol–water partition coefficient (Wildman–Crippen LogP) is 4.76. The summed E-state index contributed by atoms with van der Waals surface area (Å²) < 4.78 is 38.7. The molecule has 1 fully saturated rings. The summed E-state index contributed by atoms with van der Waals surface area (Å²) in [6, 6.07) is 3.81. The number of nitrogens with zero attached hydrogens (tertiary/aromatic N) is 1. The maximum Gasteiger partial charge on any atom is 0.416 e. The Morgan fingerprint density at radius 1 is 1.25 bits per heavy atom. The van der Waals surface area contributed by atoms with E-state index < -0.39 is 11.7 Å². The van der Waals surface area contributed by atoms with Crippen LogP contribution >= 0.6 is 27.7 Å². The molecule has 108 valence electrons. The van der Waals surface area contributed by atoms with Crippen LogP contribution in [0.15, 0.2) is 27.7 Å². The van der Waals surface area contributed by atoms with Gasteiger partial charge in [0.05, 0.1) is 12.1 Å². The van der Waals surface area contributed by atoms with Crippen LogP contribution in [0.4, 0.5) is 18.9 Å². The van der Waals surface area contributed by atoms with Gasteiger partial charge in [-0.2, -0.15) is 13.2 Å². The van der Waals surface area contributed by atoms with Gasteiger partial charge in [0, 0.05) is 15.4 Å². The van der Waals surface area contributed by atoms with Gasteiger partial charge in [-0.3, -0.25) is 4.99 Å². The van der Waals surface area contributed by atoms with Crippen LogP contribution in [0.1, 0.15) is 18.4 Å². The molecule has 7 heteroatoms. The van der Waals surface area contributed by atoms with Gasteiger partial charge in [-0.25, -0.2) is 0 Å². The van der Waals surface area contributed by atoms with E-state index in [0.717, 1.165) is 24.6 Å². The molecule has 0 saturated heterocycles. The molecule has 20 heavy (non-hydrogen) atoms. The molecular formula is C13H12BrF3N2S. The topological polar surface area (TPSA) is 24.4 Å². The van der Waals surface area contributed by atoms with E-state index in [1.54, 1.807) is 17.8 Å². The van der Waals surface area contributed by atoms with Crippen molar-refractivity contribution in [2.45, 2.75) is 24.3 Å². The fourth-order valence-electron chi connectivity index (χ4n) is 2.12. The molecule has 0 spiro atoms. The molecule has 1 aromatic carbocycles. The van der Waals surface area contributed by atoms with Crippen LogP contribution in [-0.4, -0.2) is 17.0 Å². The highest BCUT2D eigenvalue weighted by Gasteiger charge is 2.35. The Morgan fingerprint density at radius 3 is 2.65 bits per heavy atom. The highest BCUT2D eigenvalue weighted by molar-refractivity contribution is 9.10. The van der Waals surface area contributed by atoms with Gasteiger partial charge in [0.1, 0.15) is 0 Å². The van der Waals surface area contributed by atoms with Gasteiger partial charge in [-0.15, -0.1) is 0 Å². The Hall–Kier alpha value is -0.690. The Balaban J connectivity index is 1.72. The average Bonchev–Trinajstić information content (AvgIpc) is 3.09. The molecule has 1 aromatic rings. The first-order chi connectivity index (χ1) is 9.41. The van der Waals surface area contributed by atoms with Gasteiger partial charge < -0.3 is 5.32 Å². The maximum absolute atomic E-state index is 12.8. The third kappa shape index (κ3) is 3.31. The van der Waals surface area contributed by atoms with Gasteiger partial charge >= 0.3 is 6.18 Å². The molecule has 1 aliphatic heterocycles. The number of alkyl halides is 3. The van der Waals surface area contributed by atoms with Crippen molar-refractivity contribution in [3.8, 4) is 0 Å². The van der Waals surface area contributed by atoms with Crippen molar-refractivity contribution in [3.63, 3.8) is 0 Å². The number of nitrogens with one attached hydrogen (secondary N) is 1. The Kier molecular flexibility index (Phi) is 3.75. The van der Waals surface area contributed by atoms with E-state index in [-0.39, 0.29) is 0 Å². The van der Waals surface area contributed by atoms with Gasteiger partial charge in [0.25, 0.3) is 0 Å². The molecule has 1 unspecified atom stereocenters. The minimum absolute atomic E-state index is 0.400. The minimum atomic E-state index is -4.35. The van der Waals surface area contributed by atoms with E-state index in [0.29, 0.717) is 20.6 Å². The third-order valence-electron chi connectivity index (χ3n) is 3.30. The van der Waals surface area contributed by atoms with E-state index in [9.17, 15) is 13.2 Å². The monoisotopic (exact) mass is 364 g/mol. The summed E-state index contributed by atoms with van der Waals surface area (Å²) in [5.41, 5.74) is -0.258. The number of hydrogen-bond acceptors (Lipinski definition) is 3. The normalized spacial score (nSPS) is 22.8. The number of aliphatic imine (C=N–C) groups is 1. The van der Waals surface area contributed by atoms with Crippen LogP contribution in [0.5, 0.6) is 0 Å².